The summed E-state index contributed by atoms with van der Waals surface area (Å²) in [4.78, 5) is 10.2. The zero-order valence-electron chi connectivity index (χ0n) is 53.4. The van der Waals surface area contributed by atoms with Crippen molar-refractivity contribution in [2.24, 2.45) is 0 Å². The smallest absolute Gasteiger partial charge is 0.252 e. The first-order valence-electron chi connectivity index (χ1n) is 32.0. The van der Waals surface area contributed by atoms with Crippen LogP contribution in [0.2, 0.25) is 0 Å². The molecule has 0 saturated carbocycles. The fraction of sp³-hybridized carbons (Fsp3) is 0.195. The Morgan fingerprint density at radius 2 is 0.528 bits per heavy atom. The predicted octanol–water partition coefficient (Wildman–Crippen LogP) is 18.1. The number of anilines is 12. The van der Waals surface area contributed by atoms with Gasteiger partial charge in [0.25, 0.3) is 13.4 Å². The van der Waals surface area contributed by atoms with Gasteiger partial charge in [-0.1, -0.05) is 210 Å². The second-order valence-electron chi connectivity index (χ2n) is 29.5. The summed E-state index contributed by atoms with van der Waals surface area (Å²) in [5, 5.41) is 2.47. The van der Waals surface area contributed by atoms with Gasteiger partial charge in [-0.25, -0.2) is 0 Å². The Labute approximate surface area is 526 Å². The highest BCUT2D eigenvalue weighted by Crippen LogP contribution is 2.50. The molecule has 4 aliphatic heterocycles. The van der Waals surface area contributed by atoms with Gasteiger partial charge < -0.3 is 24.2 Å². The summed E-state index contributed by atoms with van der Waals surface area (Å²) in [6, 6.07) is 91.0. The molecule has 12 aromatic rings. The Balaban J connectivity index is 1.01. The molecule has 16 rings (SSSR count). The molecule has 0 atom stereocenters. The van der Waals surface area contributed by atoms with E-state index in [1.54, 1.807) is 0 Å². The van der Waals surface area contributed by atoms with Gasteiger partial charge in [0, 0.05) is 84.7 Å². The molecular formula is C82H75B2N5. The second kappa shape index (κ2) is 19.5. The Bertz CT molecular complexity index is 4540. The van der Waals surface area contributed by atoms with E-state index in [0.717, 1.165) is 28.4 Å². The van der Waals surface area contributed by atoms with E-state index >= 15 is 0 Å². The monoisotopic (exact) mass is 1150 g/mol. The summed E-state index contributed by atoms with van der Waals surface area (Å²) in [5.74, 6) is 0. The lowest BCUT2D eigenvalue weighted by atomic mass is 9.33. The van der Waals surface area contributed by atoms with Gasteiger partial charge in [-0.05, 0) is 186 Å². The molecule has 5 heterocycles. The van der Waals surface area contributed by atoms with E-state index in [1.807, 2.05) is 0 Å². The van der Waals surface area contributed by atoms with Crippen molar-refractivity contribution < 1.29 is 0 Å². The fourth-order valence-corrected chi connectivity index (χ4v) is 15.2. The highest BCUT2D eigenvalue weighted by Gasteiger charge is 2.47. The number of para-hydroxylation sites is 3. The van der Waals surface area contributed by atoms with Crippen LogP contribution in [0.1, 0.15) is 105 Å². The van der Waals surface area contributed by atoms with E-state index in [1.165, 1.54) is 122 Å². The number of fused-ring (bicyclic) bond motifs is 11. The van der Waals surface area contributed by atoms with E-state index in [2.05, 4.69) is 344 Å². The third-order valence-corrected chi connectivity index (χ3v) is 19.7. The topological polar surface area (TPSA) is 17.9 Å². The molecule has 5 nitrogen and oxygen atoms in total. The third kappa shape index (κ3) is 8.51. The van der Waals surface area contributed by atoms with Crippen molar-refractivity contribution in [1.29, 1.82) is 0 Å². The normalized spacial score (nSPS) is 14.2. The van der Waals surface area contributed by atoms with Crippen molar-refractivity contribution in [2.75, 3.05) is 19.6 Å². The lowest BCUT2D eigenvalue weighted by molar-refractivity contribution is 0.590. The van der Waals surface area contributed by atoms with Crippen LogP contribution in [0, 0.1) is 0 Å². The van der Waals surface area contributed by atoms with Crippen molar-refractivity contribution in [3.05, 3.63) is 259 Å². The predicted molar refractivity (Wildman–Crippen MR) is 384 cm³/mol. The summed E-state index contributed by atoms with van der Waals surface area (Å²) in [7, 11) is 0. The maximum Gasteiger partial charge on any atom is 0.252 e. The summed E-state index contributed by atoms with van der Waals surface area (Å²) in [5.41, 5.74) is 30.7. The van der Waals surface area contributed by atoms with Gasteiger partial charge in [-0.15, -0.1) is 0 Å². The minimum Gasteiger partial charge on any atom is -0.311 e. The molecule has 7 heteroatoms. The second-order valence-corrected chi connectivity index (χ2v) is 29.5. The third-order valence-electron chi connectivity index (χ3n) is 19.7. The number of aromatic nitrogens is 1. The van der Waals surface area contributed by atoms with Crippen molar-refractivity contribution in [1.82, 2.24) is 4.57 Å². The molecule has 434 valence electrons. The lowest BCUT2D eigenvalue weighted by Crippen LogP contribution is -2.61. The highest BCUT2D eigenvalue weighted by atomic mass is 15.2. The van der Waals surface area contributed by atoms with Crippen LogP contribution in [0.4, 0.5) is 68.2 Å². The van der Waals surface area contributed by atoms with Gasteiger partial charge in [0.05, 0.1) is 11.0 Å². The molecule has 0 N–H and O–H groups in total. The van der Waals surface area contributed by atoms with Crippen LogP contribution in [-0.2, 0) is 21.7 Å². The fourth-order valence-electron chi connectivity index (χ4n) is 15.2. The molecule has 0 amide bonds. The number of hydrogen-bond acceptors (Lipinski definition) is 4. The van der Waals surface area contributed by atoms with Crippen LogP contribution in [0.3, 0.4) is 0 Å². The van der Waals surface area contributed by atoms with Crippen LogP contribution in [0.5, 0.6) is 0 Å². The lowest BCUT2D eigenvalue weighted by Gasteiger charge is -2.44. The molecule has 0 radical (unpaired) electrons. The van der Waals surface area contributed by atoms with Crippen LogP contribution >= 0.6 is 0 Å². The minimum atomic E-state index is -0.0842. The average Bonchev–Trinajstić information content (AvgIpc) is 1.63. The van der Waals surface area contributed by atoms with E-state index in [9.17, 15) is 0 Å². The van der Waals surface area contributed by atoms with Crippen LogP contribution in [0.15, 0.2) is 237 Å². The molecular weight excluding hydrogens is 1080 g/mol. The molecule has 0 fully saturated rings. The summed E-state index contributed by atoms with van der Waals surface area (Å²) >= 11 is 0. The Kier molecular flexibility index (Phi) is 12.0. The van der Waals surface area contributed by atoms with Crippen molar-refractivity contribution in [2.45, 2.75) is 105 Å². The van der Waals surface area contributed by atoms with Gasteiger partial charge in [-0.3, -0.25) is 0 Å². The number of benzene rings is 11. The molecule has 0 aliphatic carbocycles. The first-order chi connectivity index (χ1) is 42.7. The van der Waals surface area contributed by atoms with E-state index in [-0.39, 0.29) is 35.1 Å². The molecule has 1 aromatic heterocycles. The number of hydrogen-bond donors (Lipinski definition) is 0. The molecule has 0 saturated heterocycles. The number of rotatable bonds is 5. The van der Waals surface area contributed by atoms with E-state index in [0.29, 0.717) is 0 Å². The molecule has 0 unspecified atom stereocenters. The Morgan fingerprint density at radius 1 is 0.236 bits per heavy atom. The van der Waals surface area contributed by atoms with Crippen LogP contribution in [-0.4, -0.2) is 18.0 Å². The van der Waals surface area contributed by atoms with Gasteiger partial charge >= 0.3 is 0 Å². The maximum atomic E-state index is 2.62. The molecule has 0 bridgehead atoms. The summed E-state index contributed by atoms with van der Waals surface area (Å²) < 4.78 is 2.56. The zero-order chi connectivity index (χ0) is 61.2. The summed E-state index contributed by atoms with van der Waals surface area (Å²) in [6.07, 6.45) is 0. The van der Waals surface area contributed by atoms with Gasteiger partial charge in [0.15, 0.2) is 0 Å². The number of nitrogens with zero attached hydrogens (tertiary/aromatic N) is 5. The van der Waals surface area contributed by atoms with Gasteiger partial charge in [0.2, 0.25) is 0 Å². The van der Waals surface area contributed by atoms with Gasteiger partial charge in [-0.2, -0.15) is 0 Å². The van der Waals surface area contributed by atoms with Crippen LogP contribution in [0.25, 0.3) is 27.5 Å². The first kappa shape index (κ1) is 54.9. The van der Waals surface area contributed by atoms with Crippen LogP contribution < -0.4 is 52.4 Å². The minimum absolute atomic E-state index is 0.0249. The molecule has 89 heavy (non-hydrogen) atoms. The van der Waals surface area contributed by atoms with Crippen molar-refractivity contribution in [3.8, 4) is 5.69 Å². The SMILES string of the molecule is CC(C)(C)c1ccc(N2c3ccc(C(C)(C)C)cc3B3c4cc5c6cc7c(cc6n(-c6ccccc6)c5cc4N(c4ccccc4)c4cccc2c43)N(c2ccccc2)c2cccc3c2B7c2cc(C(C)(C)C)ccc2N3c2ccc(C(C)(C)C)cc2)cc1. The molecule has 11 aromatic carbocycles. The maximum absolute atomic E-state index is 2.62. The van der Waals surface area contributed by atoms with Gasteiger partial charge in [0.1, 0.15) is 0 Å². The van der Waals surface area contributed by atoms with E-state index < -0.39 is 0 Å². The standard InChI is InChI=1S/C82H75B2N5/c1-79(2,3)52-34-40-59(41-35-52)85-67-44-38-54(81(7,8)9)46-63(67)83-65-48-61-62-49-66-76(51-74(62)89(58-28-20-15-21-29-58)73(61)50-75(65)87(56-24-16-13-17-25-56)71-32-22-30-69(85)77(71)83)88(57-26-18-14-19-27-57)72-33-23-31-70-78(72)84(66)64-47-55(82(10,11)12)39-45-68(64)86(70)60-42-36-53(37-43-60)80(4,5)6/h13-51H,1-12H3. The Morgan fingerprint density at radius 3 is 0.865 bits per heavy atom. The first-order valence-corrected chi connectivity index (χ1v) is 32.0. The summed E-state index contributed by atoms with van der Waals surface area (Å²) in [6.45, 7) is 27.8. The Hall–Kier alpha value is -9.45. The van der Waals surface area contributed by atoms with Crippen molar-refractivity contribution in [3.63, 3.8) is 0 Å². The average molecular weight is 1150 g/mol. The molecule has 0 spiro atoms. The quantitative estimate of drug-likeness (QED) is 0.160. The largest absolute Gasteiger partial charge is 0.311 e. The zero-order valence-corrected chi connectivity index (χ0v) is 53.4. The highest BCUT2D eigenvalue weighted by molar-refractivity contribution is 7.01. The van der Waals surface area contributed by atoms with E-state index in [4.69, 9.17) is 0 Å². The molecule has 4 aliphatic rings. The van der Waals surface area contributed by atoms with Crippen molar-refractivity contribution >= 4 is 136 Å².